The van der Waals surface area contributed by atoms with Crippen molar-refractivity contribution in [3.05, 3.63) is 48.0 Å². The van der Waals surface area contributed by atoms with E-state index in [1.165, 1.54) is 16.3 Å². The van der Waals surface area contributed by atoms with Gasteiger partial charge in [0.15, 0.2) is 0 Å². The van der Waals surface area contributed by atoms with E-state index in [-0.39, 0.29) is 5.41 Å². The molecule has 2 heteroatoms. The predicted octanol–water partition coefficient (Wildman–Crippen LogP) is 4.01. The fraction of sp³-hybridized carbons (Fsp3) is 0.389. The molecule has 2 aromatic rings. The van der Waals surface area contributed by atoms with Crippen LogP contribution in [0.3, 0.4) is 0 Å². The van der Waals surface area contributed by atoms with Gasteiger partial charge in [0.2, 0.25) is 0 Å². The van der Waals surface area contributed by atoms with Crippen molar-refractivity contribution in [2.45, 2.75) is 32.1 Å². The molecule has 0 aliphatic rings. The Hall–Kier alpha value is -1.85. The van der Waals surface area contributed by atoms with Gasteiger partial charge in [-0.3, -0.25) is 0 Å². The summed E-state index contributed by atoms with van der Waals surface area (Å²) >= 11 is 0. The molecule has 0 aliphatic carbocycles. The van der Waals surface area contributed by atoms with Gasteiger partial charge in [-0.05, 0) is 29.3 Å². The van der Waals surface area contributed by atoms with Gasteiger partial charge in [-0.15, -0.1) is 0 Å². The first-order valence-corrected chi connectivity index (χ1v) is 7.21. The number of unbranched alkanes of at least 4 members (excludes halogenated alkanes) is 1. The highest BCUT2D eigenvalue weighted by molar-refractivity contribution is 5.86. The molecule has 0 bridgehead atoms. The minimum absolute atomic E-state index is 0.0769. The molecule has 104 valence electrons. The van der Waals surface area contributed by atoms with E-state index in [1.807, 2.05) is 0 Å². The number of fused-ring (bicyclic) bond motifs is 1. The van der Waals surface area contributed by atoms with Gasteiger partial charge in [0.25, 0.3) is 0 Å². The summed E-state index contributed by atoms with van der Waals surface area (Å²) in [6.07, 6.45) is 1.55. The maximum Gasteiger partial charge on any atom is 0.0622 e. The number of rotatable bonds is 6. The highest BCUT2D eigenvalue weighted by Gasteiger charge is 2.21. The van der Waals surface area contributed by atoms with Gasteiger partial charge in [0.1, 0.15) is 0 Å². The quantitative estimate of drug-likeness (QED) is 0.802. The Morgan fingerprint density at radius 3 is 2.65 bits per heavy atom. The highest BCUT2D eigenvalue weighted by atomic mass is 14.9. The Morgan fingerprint density at radius 1 is 1.10 bits per heavy atom. The lowest BCUT2D eigenvalue weighted by Gasteiger charge is -2.27. The van der Waals surface area contributed by atoms with Crippen LogP contribution in [0.5, 0.6) is 0 Å². The lowest BCUT2D eigenvalue weighted by atomic mass is 9.81. The van der Waals surface area contributed by atoms with Crippen LogP contribution in [0.2, 0.25) is 0 Å². The summed E-state index contributed by atoms with van der Waals surface area (Å²) in [4.78, 5) is 0. The third-order valence-electron chi connectivity index (χ3n) is 3.73. The van der Waals surface area contributed by atoms with Crippen LogP contribution in [0.15, 0.2) is 42.5 Å². The summed E-state index contributed by atoms with van der Waals surface area (Å²) in [5.74, 6) is 0. The minimum atomic E-state index is 0.0769. The maximum atomic E-state index is 8.54. The monoisotopic (exact) mass is 266 g/mol. The molecule has 2 rings (SSSR count). The van der Waals surface area contributed by atoms with E-state index in [0.717, 1.165) is 19.5 Å². The molecule has 0 atom stereocenters. The summed E-state index contributed by atoms with van der Waals surface area (Å²) in [6.45, 7) is 6.37. The van der Waals surface area contributed by atoms with Gasteiger partial charge < -0.3 is 5.32 Å². The smallest absolute Gasteiger partial charge is 0.0622 e. The third kappa shape index (κ3) is 3.37. The number of hydrogen-bond donors (Lipinski definition) is 1. The van der Waals surface area contributed by atoms with Crippen LogP contribution in [0.1, 0.15) is 32.3 Å². The first kappa shape index (κ1) is 14.6. The molecule has 0 saturated heterocycles. The zero-order valence-corrected chi connectivity index (χ0v) is 12.3. The van der Waals surface area contributed by atoms with Gasteiger partial charge in [-0.25, -0.2) is 0 Å². The number of hydrogen-bond acceptors (Lipinski definition) is 2. The largest absolute Gasteiger partial charge is 0.316 e. The van der Waals surface area contributed by atoms with E-state index in [9.17, 15) is 0 Å². The molecule has 20 heavy (non-hydrogen) atoms. The van der Waals surface area contributed by atoms with Gasteiger partial charge in [-0.1, -0.05) is 56.3 Å². The third-order valence-corrected chi connectivity index (χ3v) is 3.73. The van der Waals surface area contributed by atoms with Crippen LogP contribution in [-0.4, -0.2) is 13.1 Å². The first-order chi connectivity index (χ1) is 9.65. The number of nitrogens with zero attached hydrogens (tertiary/aromatic N) is 1. The van der Waals surface area contributed by atoms with Gasteiger partial charge in [-0.2, -0.15) is 5.26 Å². The Balaban J connectivity index is 2.13. The number of nitrogens with one attached hydrogen (secondary N) is 1. The summed E-state index contributed by atoms with van der Waals surface area (Å²) in [5.41, 5.74) is 1.46. The van der Waals surface area contributed by atoms with E-state index >= 15 is 0 Å². The molecule has 0 fully saturated rings. The zero-order valence-electron chi connectivity index (χ0n) is 12.3. The molecule has 2 aromatic carbocycles. The van der Waals surface area contributed by atoms with Gasteiger partial charge >= 0.3 is 0 Å². The minimum Gasteiger partial charge on any atom is -0.316 e. The molecule has 0 saturated carbocycles. The summed E-state index contributed by atoms with van der Waals surface area (Å²) in [6, 6.07) is 17.2. The Kier molecular flexibility index (Phi) is 4.76. The van der Waals surface area contributed by atoms with Gasteiger partial charge in [0, 0.05) is 18.4 Å². The summed E-state index contributed by atoms with van der Waals surface area (Å²) in [5, 5.41) is 14.6. The van der Waals surface area contributed by atoms with E-state index in [1.54, 1.807) is 0 Å². The van der Waals surface area contributed by atoms with E-state index in [4.69, 9.17) is 5.26 Å². The van der Waals surface area contributed by atoms with Crippen molar-refractivity contribution < 1.29 is 0 Å². The topological polar surface area (TPSA) is 35.8 Å². The normalized spacial score (nSPS) is 11.4. The van der Waals surface area contributed by atoms with E-state index in [0.29, 0.717) is 6.42 Å². The standard InChI is InChI=1S/C18H22N2/c1-18(2,14-20-13-6-5-12-19)17-11-7-9-15-8-3-4-10-16(15)17/h3-4,7-11,20H,5-6,13-14H2,1-2H3. The van der Waals surface area contributed by atoms with E-state index in [2.05, 4.69) is 67.7 Å². The molecule has 0 heterocycles. The molecule has 0 aromatic heterocycles. The Bertz CT molecular complexity index is 603. The molecular weight excluding hydrogens is 244 g/mol. The second kappa shape index (κ2) is 6.54. The highest BCUT2D eigenvalue weighted by Crippen LogP contribution is 2.29. The lowest BCUT2D eigenvalue weighted by molar-refractivity contribution is 0.470. The molecule has 0 aliphatic heterocycles. The SMILES string of the molecule is CC(C)(CNCCCC#N)c1cccc2ccccc12. The number of nitriles is 1. The molecule has 0 radical (unpaired) electrons. The van der Waals surface area contributed by atoms with Crippen molar-refractivity contribution >= 4 is 10.8 Å². The van der Waals surface area contributed by atoms with Crippen LogP contribution in [0, 0.1) is 11.3 Å². The number of benzene rings is 2. The molecular formula is C18H22N2. The molecule has 1 N–H and O–H groups in total. The first-order valence-electron chi connectivity index (χ1n) is 7.21. The molecule has 0 spiro atoms. The Morgan fingerprint density at radius 2 is 1.85 bits per heavy atom. The molecule has 2 nitrogen and oxygen atoms in total. The van der Waals surface area contributed by atoms with Crippen LogP contribution in [0.25, 0.3) is 10.8 Å². The molecule has 0 unspecified atom stereocenters. The van der Waals surface area contributed by atoms with Crippen LogP contribution < -0.4 is 5.32 Å². The summed E-state index contributed by atoms with van der Waals surface area (Å²) in [7, 11) is 0. The van der Waals surface area contributed by atoms with Crippen molar-refractivity contribution in [3.8, 4) is 6.07 Å². The molecule has 0 amide bonds. The van der Waals surface area contributed by atoms with Crippen molar-refractivity contribution in [1.29, 1.82) is 5.26 Å². The zero-order chi connectivity index (χ0) is 14.4. The van der Waals surface area contributed by atoms with Crippen LogP contribution in [-0.2, 0) is 5.41 Å². The maximum absolute atomic E-state index is 8.54. The predicted molar refractivity (Wildman–Crippen MR) is 84.7 cm³/mol. The van der Waals surface area contributed by atoms with Gasteiger partial charge in [0.05, 0.1) is 6.07 Å². The van der Waals surface area contributed by atoms with Crippen LogP contribution >= 0.6 is 0 Å². The fourth-order valence-electron chi connectivity index (χ4n) is 2.60. The fourth-order valence-corrected chi connectivity index (χ4v) is 2.60. The average molecular weight is 266 g/mol. The van der Waals surface area contributed by atoms with Crippen molar-refractivity contribution in [2.75, 3.05) is 13.1 Å². The van der Waals surface area contributed by atoms with E-state index < -0.39 is 0 Å². The van der Waals surface area contributed by atoms with Crippen molar-refractivity contribution in [3.63, 3.8) is 0 Å². The summed E-state index contributed by atoms with van der Waals surface area (Å²) < 4.78 is 0. The average Bonchev–Trinajstić information content (AvgIpc) is 2.46. The Labute approximate surface area is 121 Å². The lowest BCUT2D eigenvalue weighted by Crippen LogP contribution is -2.33. The second-order valence-electron chi connectivity index (χ2n) is 5.85. The second-order valence-corrected chi connectivity index (χ2v) is 5.85. The van der Waals surface area contributed by atoms with Crippen molar-refractivity contribution in [1.82, 2.24) is 5.32 Å². The van der Waals surface area contributed by atoms with Crippen molar-refractivity contribution in [2.24, 2.45) is 0 Å². The van der Waals surface area contributed by atoms with Crippen LogP contribution in [0.4, 0.5) is 0 Å².